The average molecular weight is 445 g/mol. The van der Waals surface area contributed by atoms with Crippen LogP contribution in [0.3, 0.4) is 0 Å². The molecular formula is C28H19N3O3. The van der Waals surface area contributed by atoms with Crippen LogP contribution < -0.4 is 0 Å². The van der Waals surface area contributed by atoms with E-state index in [1.807, 2.05) is 66.9 Å². The summed E-state index contributed by atoms with van der Waals surface area (Å²) in [5, 5.41) is 14.9. The molecule has 164 valence electrons. The number of esters is 1. The van der Waals surface area contributed by atoms with Crippen LogP contribution in [0.4, 0.5) is 0 Å². The molecule has 34 heavy (non-hydrogen) atoms. The second-order valence-electron chi connectivity index (χ2n) is 7.57. The summed E-state index contributed by atoms with van der Waals surface area (Å²) in [7, 11) is 0. The zero-order valence-corrected chi connectivity index (χ0v) is 18.1. The van der Waals surface area contributed by atoms with Crippen LogP contribution in [-0.4, -0.2) is 15.7 Å². The molecule has 0 saturated carbocycles. The van der Waals surface area contributed by atoms with Gasteiger partial charge in [0.1, 0.15) is 17.9 Å². The molecule has 0 amide bonds. The molecule has 0 atom stereocenters. The van der Waals surface area contributed by atoms with Gasteiger partial charge >= 0.3 is 5.97 Å². The number of aromatic nitrogens is 2. The van der Waals surface area contributed by atoms with Crippen LogP contribution in [0.15, 0.2) is 102 Å². The minimum absolute atomic E-state index is 0.0205. The van der Waals surface area contributed by atoms with E-state index >= 15 is 0 Å². The van der Waals surface area contributed by atoms with Crippen molar-refractivity contribution < 1.29 is 13.9 Å². The molecule has 0 unspecified atom stereocenters. The maximum Gasteiger partial charge on any atom is 0.331 e. The number of para-hydroxylation sites is 2. The van der Waals surface area contributed by atoms with Crippen molar-refractivity contribution in [2.24, 2.45) is 0 Å². The van der Waals surface area contributed by atoms with E-state index in [1.165, 1.54) is 6.08 Å². The number of carbonyl (C=O) groups is 1. The quantitative estimate of drug-likeness (QED) is 0.240. The molecule has 5 aromatic rings. The summed E-state index contributed by atoms with van der Waals surface area (Å²) < 4.78 is 13.1. The minimum Gasteiger partial charge on any atom is -0.458 e. The zero-order chi connectivity index (χ0) is 23.3. The Kier molecular flexibility index (Phi) is 5.74. The Morgan fingerprint density at radius 3 is 2.62 bits per heavy atom. The Morgan fingerprint density at radius 1 is 1.03 bits per heavy atom. The summed E-state index contributed by atoms with van der Waals surface area (Å²) in [5.41, 5.74) is 4.10. The van der Waals surface area contributed by atoms with Crippen molar-refractivity contribution in [3.8, 4) is 23.2 Å². The van der Waals surface area contributed by atoms with E-state index in [2.05, 4.69) is 6.07 Å². The predicted molar refractivity (Wildman–Crippen MR) is 129 cm³/mol. The number of hydrogen-bond donors (Lipinski definition) is 0. The first kappa shape index (κ1) is 21.0. The van der Waals surface area contributed by atoms with Crippen molar-refractivity contribution in [1.29, 1.82) is 5.26 Å². The number of nitriles is 1. The third-order valence-corrected chi connectivity index (χ3v) is 5.33. The fourth-order valence-electron chi connectivity index (χ4n) is 3.62. The van der Waals surface area contributed by atoms with E-state index in [1.54, 1.807) is 35.0 Å². The first-order chi connectivity index (χ1) is 16.7. The van der Waals surface area contributed by atoms with E-state index in [9.17, 15) is 10.1 Å². The minimum atomic E-state index is -0.518. The van der Waals surface area contributed by atoms with Crippen LogP contribution >= 0.6 is 0 Å². The van der Waals surface area contributed by atoms with Gasteiger partial charge in [-0.05, 0) is 36.4 Å². The molecule has 0 aliphatic rings. The van der Waals surface area contributed by atoms with Gasteiger partial charge in [-0.3, -0.25) is 0 Å². The predicted octanol–water partition coefficient (Wildman–Crippen LogP) is 5.91. The van der Waals surface area contributed by atoms with Gasteiger partial charge in [0, 0.05) is 28.8 Å². The van der Waals surface area contributed by atoms with Gasteiger partial charge in [0.25, 0.3) is 0 Å². The van der Waals surface area contributed by atoms with Gasteiger partial charge in [-0.15, -0.1) is 0 Å². The first-order valence-corrected chi connectivity index (χ1v) is 10.7. The number of fused-ring (bicyclic) bond motifs is 1. The van der Waals surface area contributed by atoms with Crippen LogP contribution in [0.2, 0.25) is 0 Å². The Morgan fingerprint density at radius 2 is 1.79 bits per heavy atom. The molecule has 2 aromatic heterocycles. The van der Waals surface area contributed by atoms with Crippen molar-refractivity contribution in [1.82, 2.24) is 9.78 Å². The SMILES string of the molecule is N#Cc1ccccc1COC(=O)C=Cc1cn(-c2ccccc2)nc1-c1cc2ccccc2o1. The number of rotatable bonds is 6. The van der Waals surface area contributed by atoms with E-state index in [-0.39, 0.29) is 6.61 Å². The largest absolute Gasteiger partial charge is 0.458 e. The van der Waals surface area contributed by atoms with Gasteiger partial charge in [0.05, 0.1) is 17.3 Å². The van der Waals surface area contributed by atoms with Gasteiger partial charge in [0.2, 0.25) is 0 Å². The molecule has 0 aliphatic heterocycles. The van der Waals surface area contributed by atoms with Crippen molar-refractivity contribution >= 4 is 23.0 Å². The molecule has 0 saturated heterocycles. The van der Waals surface area contributed by atoms with Crippen molar-refractivity contribution in [3.63, 3.8) is 0 Å². The molecule has 0 aliphatic carbocycles. The van der Waals surface area contributed by atoms with Gasteiger partial charge in [-0.25, -0.2) is 9.48 Å². The topological polar surface area (TPSA) is 81.0 Å². The normalized spacial score (nSPS) is 11.0. The molecule has 6 heteroatoms. The highest BCUT2D eigenvalue weighted by Crippen LogP contribution is 2.30. The Balaban J connectivity index is 1.43. The fraction of sp³-hybridized carbons (Fsp3) is 0.0357. The average Bonchev–Trinajstić information content (AvgIpc) is 3.51. The van der Waals surface area contributed by atoms with Crippen molar-refractivity contribution in [3.05, 3.63) is 114 Å². The second kappa shape index (κ2) is 9.31. The molecular weight excluding hydrogens is 426 g/mol. The number of furan rings is 1. The molecule has 0 bridgehead atoms. The molecule has 0 N–H and O–H groups in total. The van der Waals surface area contributed by atoms with Crippen molar-refractivity contribution in [2.45, 2.75) is 6.61 Å². The standard InChI is InChI=1S/C28H19N3O3/c29-17-21-9-4-5-10-23(21)19-33-27(32)15-14-22-18-31(24-11-2-1-3-12-24)30-28(22)26-16-20-8-6-7-13-25(20)34-26/h1-16,18H,19H2. The van der Waals surface area contributed by atoms with Crippen LogP contribution in [0, 0.1) is 11.3 Å². The van der Waals surface area contributed by atoms with Crippen LogP contribution in [0.5, 0.6) is 0 Å². The van der Waals surface area contributed by atoms with Gasteiger partial charge < -0.3 is 9.15 Å². The van der Waals surface area contributed by atoms with Crippen LogP contribution in [0.25, 0.3) is 34.2 Å². The summed E-state index contributed by atoms with van der Waals surface area (Å²) in [5.74, 6) is 0.0857. The summed E-state index contributed by atoms with van der Waals surface area (Å²) in [6, 6.07) is 28.5. The molecule has 2 heterocycles. The number of nitrogens with zero attached hydrogens (tertiary/aromatic N) is 3. The Bertz CT molecular complexity index is 1510. The molecule has 0 radical (unpaired) electrons. The number of benzene rings is 3. The van der Waals surface area contributed by atoms with E-state index < -0.39 is 5.97 Å². The molecule has 3 aromatic carbocycles. The first-order valence-electron chi connectivity index (χ1n) is 10.7. The highest BCUT2D eigenvalue weighted by molar-refractivity contribution is 5.89. The maximum atomic E-state index is 12.4. The summed E-state index contributed by atoms with van der Waals surface area (Å²) in [4.78, 5) is 12.4. The lowest BCUT2D eigenvalue weighted by Crippen LogP contribution is -2.02. The Hall–Kier alpha value is -4.89. The van der Waals surface area contributed by atoms with E-state index in [0.717, 1.165) is 16.7 Å². The molecule has 5 rings (SSSR count). The lowest BCUT2D eigenvalue weighted by molar-refractivity contribution is -0.138. The van der Waals surface area contributed by atoms with Crippen molar-refractivity contribution in [2.75, 3.05) is 0 Å². The summed E-state index contributed by atoms with van der Waals surface area (Å²) in [6.45, 7) is 0.0205. The molecule has 6 nitrogen and oxygen atoms in total. The van der Waals surface area contributed by atoms with E-state index in [4.69, 9.17) is 14.3 Å². The van der Waals surface area contributed by atoms with Crippen LogP contribution in [0.1, 0.15) is 16.7 Å². The van der Waals surface area contributed by atoms with E-state index in [0.29, 0.717) is 28.1 Å². The lowest BCUT2D eigenvalue weighted by atomic mass is 10.1. The highest BCUT2D eigenvalue weighted by Gasteiger charge is 2.15. The molecule has 0 fully saturated rings. The smallest absolute Gasteiger partial charge is 0.331 e. The molecule has 0 spiro atoms. The third kappa shape index (κ3) is 4.36. The number of carbonyl (C=O) groups excluding carboxylic acids is 1. The number of hydrogen-bond acceptors (Lipinski definition) is 5. The maximum absolute atomic E-state index is 12.4. The van der Waals surface area contributed by atoms with Gasteiger partial charge in [-0.2, -0.15) is 10.4 Å². The zero-order valence-electron chi connectivity index (χ0n) is 18.1. The van der Waals surface area contributed by atoms with Gasteiger partial charge in [-0.1, -0.05) is 54.6 Å². The third-order valence-electron chi connectivity index (χ3n) is 5.33. The fourth-order valence-corrected chi connectivity index (χ4v) is 3.62. The summed E-state index contributed by atoms with van der Waals surface area (Å²) in [6.07, 6.45) is 4.85. The summed E-state index contributed by atoms with van der Waals surface area (Å²) >= 11 is 0. The second-order valence-corrected chi connectivity index (χ2v) is 7.57. The lowest BCUT2D eigenvalue weighted by Gasteiger charge is -2.03. The monoisotopic (exact) mass is 445 g/mol. The van der Waals surface area contributed by atoms with Gasteiger partial charge in [0.15, 0.2) is 5.76 Å². The van der Waals surface area contributed by atoms with Crippen LogP contribution in [-0.2, 0) is 16.1 Å². The highest BCUT2D eigenvalue weighted by atomic mass is 16.5. The number of ether oxygens (including phenoxy) is 1. The Labute approximate surface area is 195 Å².